The highest BCUT2D eigenvalue weighted by Crippen LogP contribution is 2.38. The molecular weight excluding hydrogens is 356 g/mol. The molecule has 0 bridgehead atoms. The van der Waals surface area contributed by atoms with Crippen LogP contribution < -0.4 is 9.47 Å². The van der Waals surface area contributed by atoms with Gasteiger partial charge in [0, 0.05) is 19.0 Å². The lowest BCUT2D eigenvalue weighted by atomic mass is 9.74. The van der Waals surface area contributed by atoms with Crippen LogP contribution in [0.15, 0.2) is 48.5 Å². The van der Waals surface area contributed by atoms with Crippen molar-refractivity contribution in [3.05, 3.63) is 59.7 Å². The maximum atomic E-state index is 11.6. The molecule has 1 fully saturated rings. The zero-order valence-electron chi connectivity index (χ0n) is 16.0. The fourth-order valence-corrected chi connectivity index (χ4v) is 4.00. The van der Waals surface area contributed by atoms with E-state index in [1.165, 1.54) is 4.90 Å². The Hall–Kier alpha value is -3.20. The van der Waals surface area contributed by atoms with Crippen LogP contribution in [0.1, 0.15) is 24.0 Å². The summed E-state index contributed by atoms with van der Waals surface area (Å²) in [6, 6.07) is 17.1. The molecule has 6 heteroatoms. The van der Waals surface area contributed by atoms with Gasteiger partial charge in [0.2, 0.25) is 0 Å². The van der Waals surface area contributed by atoms with Crippen molar-refractivity contribution in [2.45, 2.75) is 12.8 Å². The maximum Gasteiger partial charge on any atom is 0.407 e. The maximum absolute atomic E-state index is 11.6. The van der Waals surface area contributed by atoms with Gasteiger partial charge in [0.25, 0.3) is 0 Å². The molecule has 6 nitrogen and oxygen atoms in total. The van der Waals surface area contributed by atoms with E-state index in [0.29, 0.717) is 31.0 Å². The van der Waals surface area contributed by atoms with E-state index in [9.17, 15) is 9.90 Å². The highest BCUT2D eigenvalue weighted by Gasteiger charge is 2.37. The lowest BCUT2D eigenvalue weighted by molar-refractivity contribution is 0.0695. The van der Waals surface area contributed by atoms with Crippen molar-refractivity contribution < 1.29 is 19.4 Å². The van der Waals surface area contributed by atoms with Crippen molar-refractivity contribution in [2.24, 2.45) is 11.8 Å². The molecular formula is C22H24N2O4. The first-order valence-corrected chi connectivity index (χ1v) is 9.26. The number of carboxylic acid groups (broad SMARTS) is 1. The molecule has 0 saturated carbocycles. The quantitative estimate of drug-likeness (QED) is 0.848. The van der Waals surface area contributed by atoms with Gasteiger partial charge in [-0.05, 0) is 47.7 Å². The van der Waals surface area contributed by atoms with Crippen LogP contribution in [0.3, 0.4) is 0 Å². The molecule has 3 unspecified atom stereocenters. The Balaban J connectivity index is 1.82. The Morgan fingerprint density at radius 1 is 1.21 bits per heavy atom. The molecule has 2 aromatic carbocycles. The summed E-state index contributed by atoms with van der Waals surface area (Å²) in [4.78, 5) is 13.0. The first-order chi connectivity index (χ1) is 13.5. The average molecular weight is 380 g/mol. The van der Waals surface area contributed by atoms with Crippen LogP contribution in [0.2, 0.25) is 0 Å². The van der Waals surface area contributed by atoms with Gasteiger partial charge in [-0.15, -0.1) is 0 Å². The lowest BCUT2D eigenvalue weighted by Gasteiger charge is -2.41. The van der Waals surface area contributed by atoms with Gasteiger partial charge in [-0.3, -0.25) is 0 Å². The van der Waals surface area contributed by atoms with Gasteiger partial charge in [-0.2, -0.15) is 5.26 Å². The van der Waals surface area contributed by atoms with Gasteiger partial charge in [0.1, 0.15) is 11.5 Å². The van der Waals surface area contributed by atoms with E-state index in [1.807, 2.05) is 30.3 Å². The Kier molecular flexibility index (Phi) is 6.05. The fourth-order valence-electron chi connectivity index (χ4n) is 4.00. The van der Waals surface area contributed by atoms with Crippen LogP contribution in [-0.2, 0) is 0 Å². The van der Waals surface area contributed by atoms with Gasteiger partial charge < -0.3 is 19.5 Å². The standard InChI is InChI=1S/C22H24N2O4/c1-15-12-24(22(25)26)13-18(14-28-20-5-3-4-16(10-20)11-23)21(15)17-6-8-19(27-2)9-7-17/h3-10,15,18,21H,12-14H2,1-2H3,(H,25,26). The number of ether oxygens (including phenoxy) is 2. The fraction of sp³-hybridized carbons (Fsp3) is 0.364. The van der Waals surface area contributed by atoms with Crippen molar-refractivity contribution in [1.29, 1.82) is 5.26 Å². The van der Waals surface area contributed by atoms with Crippen LogP contribution in [0.25, 0.3) is 0 Å². The summed E-state index contributed by atoms with van der Waals surface area (Å²) >= 11 is 0. The molecule has 0 aliphatic carbocycles. The second-order valence-corrected chi connectivity index (χ2v) is 7.17. The summed E-state index contributed by atoms with van der Waals surface area (Å²) in [5.74, 6) is 1.73. The summed E-state index contributed by atoms with van der Waals surface area (Å²) < 4.78 is 11.2. The zero-order valence-corrected chi connectivity index (χ0v) is 16.0. The molecule has 1 heterocycles. The minimum atomic E-state index is -0.906. The van der Waals surface area contributed by atoms with Crippen LogP contribution >= 0.6 is 0 Å². The third kappa shape index (κ3) is 4.37. The first-order valence-electron chi connectivity index (χ1n) is 9.26. The molecule has 3 atom stereocenters. The number of hydrogen-bond donors (Lipinski definition) is 1. The molecule has 0 spiro atoms. The lowest BCUT2D eigenvalue weighted by Crippen LogP contribution is -2.48. The van der Waals surface area contributed by atoms with E-state index in [2.05, 4.69) is 13.0 Å². The number of rotatable bonds is 5. The third-order valence-corrected chi connectivity index (χ3v) is 5.28. The Morgan fingerprint density at radius 2 is 1.96 bits per heavy atom. The van der Waals surface area contributed by atoms with Gasteiger partial charge in [0.15, 0.2) is 0 Å². The number of piperidine rings is 1. The van der Waals surface area contributed by atoms with E-state index < -0.39 is 6.09 Å². The predicted molar refractivity (Wildman–Crippen MR) is 105 cm³/mol. The topological polar surface area (TPSA) is 82.8 Å². The summed E-state index contributed by atoms with van der Waals surface area (Å²) in [7, 11) is 1.63. The Labute approximate surface area is 164 Å². The number of hydrogen-bond acceptors (Lipinski definition) is 4. The van der Waals surface area contributed by atoms with E-state index in [-0.39, 0.29) is 17.8 Å². The van der Waals surface area contributed by atoms with E-state index in [0.717, 1.165) is 11.3 Å². The van der Waals surface area contributed by atoms with Gasteiger partial charge in [-0.25, -0.2) is 4.79 Å². The number of carbonyl (C=O) groups is 1. The number of nitriles is 1. The van der Waals surface area contributed by atoms with Crippen molar-refractivity contribution in [1.82, 2.24) is 4.90 Å². The number of nitrogens with zero attached hydrogens (tertiary/aromatic N) is 2. The molecule has 3 rings (SSSR count). The van der Waals surface area contributed by atoms with Crippen molar-refractivity contribution in [2.75, 3.05) is 26.8 Å². The van der Waals surface area contributed by atoms with Gasteiger partial charge >= 0.3 is 6.09 Å². The molecule has 146 valence electrons. The van der Waals surface area contributed by atoms with Crippen LogP contribution in [0, 0.1) is 23.2 Å². The number of methoxy groups -OCH3 is 1. The minimum absolute atomic E-state index is 0.000938. The first kappa shape index (κ1) is 19.6. The summed E-state index contributed by atoms with van der Waals surface area (Å²) in [6.45, 7) is 3.35. The minimum Gasteiger partial charge on any atom is -0.497 e. The molecule has 1 aliphatic rings. The number of amides is 1. The monoisotopic (exact) mass is 380 g/mol. The molecule has 2 aromatic rings. The number of likely N-dealkylation sites (tertiary alicyclic amines) is 1. The van der Waals surface area contributed by atoms with Crippen LogP contribution in [0.5, 0.6) is 11.5 Å². The average Bonchev–Trinajstić information content (AvgIpc) is 2.72. The van der Waals surface area contributed by atoms with Crippen molar-refractivity contribution in [3.8, 4) is 17.6 Å². The van der Waals surface area contributed by atoms with E-state index in [4.69, 9.17) is 14.7 Å². The molecule has 0 aromatic heterocycles. The van der Waals surface area contributed by atoms with E-state index >= 15 is 0 Å². The summed E-state index contributed by atoms with van der Waals surface area (Å²) in [5, 5.41) is 18.5. The SMILES string of the molecule is COc1ccc(C2C(C)CN(C(=O)O)CC2COc2cccc(C#N)c2)cc1. The second-order valence-electron chi connectivity index (χ2n) is 7.17. The molecule has 1 aliphatic heterocycles. The smallest absolute Gasteiger partial charge is 0.407 e. The Bertz CT molecular complexity index is 860. The largest absolute Gasteiger partial charge is 0.497 e. The van der Waals surface area contributed by atoms with Crippen LogP contribution in [0.4, 0.5) is 4.79 Å². The molecule has 28 heavy (non-hydrogen) atoms. The highest BCUT2D eigenvalue weighted by atomic mass is 16.5. The highest BCUT2D eigenvalue weighted by molar-refractivity contribution is 5.65. The van der Waals surface area contributed by atoms with Crippen molar-refractivity contribution >= 4 is 6.09 Å². The van der Waals surface area contributed by atoms with Gasteiger partial charge in [0.05, 0.1) is 25.3 Å². The summed E-state index contributed by atoms with van der Waals surface area (Å²) in [5.41, 5.74) is 1.69. The molecule has 1 N–H and O–H groups in total. The normalized spacial score (nSPS) is 21.6. The predicted octanol–water partition coefficient (Wildman–Crippen LogP) is 3.98. The number of benzene rings is 2. The van der Waals surface area contributed by atoms with E-state index in [1.54, 1.807) is 25.3 Å². The third-order valence-electron chi connectivity index (χ3n) is 5.28. The van der Waals surface area contributed by atoms with Crippen LogP contribution in [-0.4, -0.2) is 42.9 Å². The summed E-state index contributed by atoms with van der Waals surface area (Å²) in [6.07, 6.45) is -0.906. The van der Waals surface area contributed by atoms with Gasteiger partial charge in [-0.1, -0.05) is 25.1 Å². The second kappa shape index (κ2) is 8.66. The molecule has 1 saturated heterocycles. The molecule has 1 amide bonds. The molecule has 0 radical (unpaired) electrons. The van der Waals surface area contributed by atoms with Crippen molar-refractivity contribution in [3.63, 3.8) is 0 Å². The Morgan fingerprint density at radius 3 is 2.61 bits per heavy atom. The zero-order chi connectivity index (χ0) is 20.1.